The molecule has 2 aliphatic heterocycles. The Morgan fingerprint density at radius 3 is 2.89 bits per heavy atom. The van der Waals surface area contributed by atoms with Crippen LogP contribution in [0.25, 0.3) is 0 Å². The molecule has 3 rings (SSSR count). The SMILES string of the molecule is CCNCc1ccnc(N2CC3CCC(C2)O3)c1. The number of nitrogens with one attached hydrogen (secondary N) is 1. The van der Waals surface area contributed by atoms with Crippen molar-refractivity contribution in [2.24, 2.45) is 0 Å². The maximum Gasteiger partial charge on any atom is 0.128 e. The molecule has 3 heterocycles. The second-order valence-electron chi connectivity index (χ2n) is 5.17. The average Bonchev–Trinajstić information content (AvgIpc) is 2.75. The maximum atomic E-state index is 5.86. The summed E-state index contributed by atoms with van der Waals surface area (Å²) in [7, 11) is 0. The number of hydrogen-bond acceptors (Lipinski definition) is 4. The number of aromatic nitrogens is 1. The van der Waals surface area contributed by atoms with Crippen LogP contribution in [0.5, 0.6) is 0 Å². The molecule has 0 spiro atoms. The van der Waals surface area contributed by atoms with Gasteiger partial charge >= 0.3 is 0 Å². The van der Waals surface area contributed by atoms with Gasteiger partial charge in [0.05, 0.1) is 12.2 Å². The van der Waals surface area contributed by atoms with Crippen molar-refractivity contribution in [3.63, 3.8) is 0 Å². The molecular weight excluding hydrogens is 226 g/mol. The van der Waals surface area contributed by atoms with E-state index in [1.807, 2.05) is 6.20 Å². The smallest absolute Gasteiger partial charge is 0.128 e. The lowest BCUT2D eigenvalue weighted by Gasteiger charge is -2.33. The van der Waals surface area contributed by atoms with E-state index in [1.165, 1.54) is 18.4 Å². The van der Waals surface area contributed by atoms with Crippen LogP contribution in [0, 0.1) is 0 Å². The van der Waals surface area contributed by atoms with Crippen LogP contribution in [0.4, 0.5) is 5.82 Å². The van der Waals surface area contributed by atoms with E-state index < -0.39 is 0 Å². The Morgan fingerprint density at radius 1 is 1.39 bits per heavy atom. The highest BCUT2D eigenvalue weighted by atomic mass is 16.5. The number of ether oxygens (including phenoxy) is 1. The number of fused-ring (bicyclic) bond motifs is 2. The zero-order valence-electron chi connectivity index (χ0n) is 10.9. The number of morpholine rings is 1. The molecule has 2 bridgehead atoms. The molecule has 2 atom stereocenters. The molecule has 0 saturated carbocycles. The van der Waals surface area contributed by atoms with Gasteiger partial charge in [-0.05, 0) is 37.1 Å². The second-order valence-corrected chi connectivity index (χ2v) is 5.17. The summed E-state index contributed by atoms with van der Waals surface area (Å²) in [6.07, 6.45) is 5.17. The third-order valence-electron chi connectivity index (χ3n) is 3.76. The zero-order valence-corrected chi connectivity index (χ0v) is 10.9. The highest BCUT2D eigenvalue weighted by Crippen LogP contribution is 2.28. The molecule has 2 unspecified atom stereocenters. The Hall–Kier alpha value is -1.13. The van der Waals surface area contributed by atoms with Gasteiger partial charge in [0.15, 0.2) is 0 Å². The highest BCUT2D eigenvalue weighted by molar-refractivity contribution is 5.42. The van der Waals surface area contributed by atoms with Gasteiger partial charge in [0, 0.05) is 25.8 Å². The lowest BCUT2D eigenvalue weighted by Crippen LogP contribution is -2.43. The van der Waals surface area contributed by atoms with Gasteiger partial charge in [-0.25, -0.2) is 4.98 Å². The predicted octanol–water partition coefficient (Wildman–Crippen LogP) is 1.56. The van der Waals surface area contributed by atoms with Gasteiger partial charge in [-0.3, -0.25) is 0 Å². The Labute approximate surface area is 108 Å². The lowest BCUT2D eigenvalue weighted by atomic mass is 10.2. The van der Waals surface area contributed by atoms with Crippen LogP contribution in [-0.2, 0) is 11.3 Å². The second kappa shape index (κ2) is 5.24. The number of nitrogens with zero attached hydrogens (tertiary/aromatic N) is 2. The van der Waals surface area contributed by atoms with Crippen molar-refractivity contribution in [2.75, 3.05) is 24.5 Å². The molecular formula is C14H21N3O. The minimum absolute atomic E-state index is 0.419. The molecule has 1 aromatic rings. The van der Waals surface area contributed by atoms with Gasteiger partial charge in [-0.1, -0.05) is 6.92 Å². The summed E-state index contributed by atoms with van der Waals surface area (Å²) >= 11 is 0. The first-order valence-electron chi connectivity index (χ1n) is 6.91. The number of rotatable bonds is 4. The minimum Gasteiger partial charge on any atom is -0.371 e. The Morgan fingerprint density at radius 2 is 2.17 bits per heavy atom. The van der Waals surface area contributed by atoms with E-state index in [0.717, 1.165) is 32.0 Å². The molecule has 0 aliphatic carbocycles. The van der Waals surface area contributed by atoms with Crippen LogP contribution in [-0.4, -0.2) is 36.8 Å². The van der Waals surface area contributed by atoms with Gasteiger partial charge < -0.3 is 15.0 Å². The predicted molar refractivity (Wildman–Crippen MR) is 71.7 cm³/mol. The fourth-order valence-electron chi connectivity index (χ4n) is 2.81. The Balaban J connectivity index is 1.71. The topological polar surface area (TPSA) is 37.4 Å². The molecule has 4 heteroatoms. The number of hydrogen-bond donors (Lipinski definition) is 1. The Bertz CT molecular complexity index is 398. The molecule has 1 aromatic heterocycles. The van der Waals surface area contributed by atoms with Crippen molar-refractivity contribution >= 4 is 5.82 Å². The molecule has 0 aromatic carbocycles. The lowest BCUT2D eigenvalue weighted by molar-refractivity contribution is 0.0302. The van der Waals surface area contributed by atoms with Gasteiger partial charge in [0.2, 0.25) is 0 Å². The maximum absolute atomic E-state index is 5.86. The third kappa shape index (κ3) is 2.49. The standard InChI is InChI=1S/C14H21N3O/c1-2-15-8-11-5-6-16-14(7-11)17-9-12-3-4-13(10-17)18-12/h5-7,12-13,15H,2-4,8-10H2,1H3. The van der Waals surface area contributed by atoms with Crippen LogP contribution in [0.2, 0.25) is 0 Å². The van der Waals surface area contributed by atoms with E-state index in [9.17, 15) is 0 Å². The van der Waals surface area contributed by atoms with E-state index >= 15 is 0 Å². The quantitative estimate of drug-likeness (QED) is 0.876. The summed E-state index contributed by atoms with van der Waals surface area (Å²) in [6.45, 7) is 6.03. The summed E-state index contributed by atoms with van der Waals surface area (Å²) in [6, 6.07) is 4.29. The molecule has 4 nitrogen and oxygen atoms in total. The molecule has 1 N–H and O–H groups in total. The average molecular weight is 247 g/mol. The number of anilines is 1. The van der Waals surface area contributed by atoms with Crippen molar-refractivity contribution in [1.29, 1.82) is 0 Å². The van der Waals surface area contributed by atoms with Crippen LogP contribution in [0.3, 0.4) is 0 Å². The largest absolute Gasteiger partial charge is 0.371 e. The summed E-state index contributed by atoms with van der Waals surface area (Å²) in [5.74, 6) is 1.10. The van der Waals surface area contributed by atoms with E-state index in [4.69, 9.17) is 4.74 Å². The molecule has 0 radical (unpaired) electrons. The van der Waals surface area contributed by atoms with E-state index in [2.05, 4.69) is 34.3 Å². The van der Waals surface area contributed by atoms with Gasteiger partial charge in [0.1, 0.15) is 5.82 Å². The van der Waals surface area contributed by atoms with E-state index in [-0.39, 0.29) is 0 Å². The number of pyridine rings is 1. The zero-order chi connectivity index (χ0) is 12.4. The van der Waals surface area contributed by atoms with Crippen LogP contribution in [0.15, 0.2) is 18.3 Å². The summed E-state index contributed by atoms with van der Waals surface area (Å²) in [4.78, 5) is 6.89. The molecule has 2 saturated heterocycles. The van der Waals surface area contributed by atoms with E-state index in [1.54, 1.807) is 0 Å². The van der Waals surface area contributed by atoms with Crippen LogP contribution < -0.4 is 10.2 Å². The minimum atomic E-state index is 0.419. The fraction of sp³-hybridized carbons (Fsp3) is 0.643. The van der Waals surface area contributed by atoms with Crippen molar-refractivity contribution in [1.82, 2.24) is 10.3 Å². The monoisotopic (exact) mass is 247 g/mol. The first-order valence-corrected chi connectivity index (χ1v) is 6.91. The van der Waals surface area contributed by atoms with Crippen molar-refractivity contribution in [2.45, 2.75) is 38.5 Å². The van der Waals surface area contributed by atoms with Gasteiger partial charge in [-0.2, -0.15) is 0 Å². The summed E-state index contributed by atoms with van der Waals surface area (Å²) in [5, 5.41) is 3.35. The highest BCUT2D eigenvalue weighted by Gasteiger charge is 2.34. The molecule has 0 amide bonds. The third-order valence-corrected chi connectivity index (χ3v) is 3.76. The summed E-state index contributed by atoms with van der Waals surface area (Å²) in [5.41, 5.74) is 1.31. The molecule has 2 aliphatic rings. The summed E-state index contributed by atoms with van der Waals surface area (Å²) < 4.78 is 5.86. The van der Waals surface area contributed by atoms with Crippen LogP contribution >= 0.6 is 0 Å². The normalized spacial score (nSPS) is 26.6. The van der Waals surface area contributed by atoms with Crippen molar-refractivity contribution < 1.29 is 4.74 Å². The molecule has 2 fully saturated rings. The van der Waals surface area contributed by atoms with Crippen LogP contribution in [0.1, 0.15) is 25.3 Å². The molecule has 18 heavy (non-hydrogen) atoms. The van der Waals surface area contributed by atoms with Crippen molar-refractivity contribution in [3.05, 3.63) is 23.9 Å². The first kappa shape index (κ1) is 11.9. The molecule has 98 valence electrons. The fourth-order valence-corrected chi connectivity index (χ4v) is 2.81. The Kier molecular flexibility index (Phi) is 3.48. The van der Waals surface area contributed by atoms with Gasteiger partial charge in [-0.15, -0.1) is 0 Å². The first-order chi connectivity index (χ1) is 8.85. The van der Waals surface area contributed by atoms with E-state index in [0.29, 0.717) is 12.2 Å². The van der Waals surface area contributed by atoms with Gasteiger partial charge in [0.25, 0.3) is 0 Å². The van der Waals surface area contributed by atoms with Crippen molar-refractivity contribution in [3.8, 4) is 0 Å².